The summed E-state index contributed by atoms with van der Waals surface area (Å²) in [6.07, 6.45) is 2.43. The molecule has 0 unspecified atom stereocenters. The van der Waals surface area contributed by atoms with Crippen molar-refractivity contribution in [2.24, 2.45) is 5.92 Å². The Balaban J connectivity index is 1.58. The molecule has 0 spiro atoms. The molecule has 7 heteroatoms. The summed E-state index contributed by atoms with van der Waals surface area (Å²) in [5, 5.41) is 3.42. The normalized spacial score (nSPS) is 29.2. The first-order chi connectivity index (χ1) is 10.7. The number of nitrogens with zero attached hydrogens (tertiary/aromatic N) is 4. The van der Waals surface area contributed by atoms with Crippen molar-refractivity contribution in [1.29, 1.82) is 0 Å². The van der Waals surface area contributed by atoms with Crippen molar-refractivity contribution in [1.82, 2.24) is 14.9 Å². The highest BCUT2D eigenvalue weighted by Crippen LogP contribution is 2.27. The predicted molar refractivity (Wildman–Crippen MR) is 86.0 cm³/mol. The number of aromatic nitrogens is 2. The first kappa shape index (κ1) is 14.0. The maximum atomic E-state index is 5.92. The largest absolute Gasteiger partial charge is 0.379 e. The second-order valence-corrected chi connectivity index (χ2v) is 6.79. The Morgan fingerprint density at radius 1 is 1.23 bits per heavy atom. The number of likely N-dealkylation sites (N-methyl/N-ethyl adjacent to an activating group) is 1. The summed E-state index contributed by atoms with van der Waals surface area (Å²) in [5.41, 5.74) is 5.92. The average Bonchev–Trinajstić information content (AvgIpc) is 3.25. The van der Waals surface area contributed by atoms with Crippen LogP contribution in [0, 0.1) is 5.92 Å². The number of nitrogens with two attached hydrogens (primary N) is 1. The van der Waals surface area contributed by atoms with Gasteiger partial charge in [-0.1, -0.05) is 0 Å². The van der Waals surface area contributed by atoms with E-state index in [0.717, 1.165) is 44.5 Å². The van der Waals surface area contributed by atoms with Crippen LogP contribution in [0.25, 0.3) is 0 Å². The SMILES string of the molecule is CN1C[C@H]2COC[C@@H]1CN(c1cc(NC3CC3)nc(N)n1)C2. The molecule has 3 N–H and O–H groups in total. The fraction of sp³-hybridized carbons (Fsp3) is 0.733. The number of anilines is 3. The summed E-state index contributed by atoms with van der Waals surface area (Å²) in [4.78, 5) is 13.5. The van der Waals surface area contributed by atoms with Crippen molar-refractivity contribution in [3.05, 3.63) is 6.07 Å². The molecule has 0 radical (unpaired) electrons. The highest BCUT2D eigenvalue weighted by molar-refractivity contribution is 5.53. The van der Waals surface area contributed by atoms with E-state index >= 15 is 0 Å². The third-order valence-electron chi connectivity index (χ3n) is 4.73. The van der Waals surface area contributed by atoms with Crippen molar-refractivity contribution in [3.63, 3.8) is 0 Å². The number of nitrogen functional groups attached to an aromatic ring is 1. The third kappa shape index (κ3) is 2.96. The van der Waals surface area contributed by atoms with Crippen LogP contribution in [0.4, 0.5) is 17.6 Å². The maximum Gasteiger partial charge on any atom is 0.223 e. The first-order valence-corrected chi connectivity index (χ1v) is 8.11. The molecule has 2 atom stereocenters. The number of hydrogen-bond donors (Lipinski definition) is 2. The summed E-state index contributed by atoms with van der Waals surface area (Å²) >= 11 is 0. The maximum absolute atomic E-state index is 5.92. The van der Waals surface area contributed by atoms with E-state index in [2.05, 4.69) is 32.1 Å². The second-order valence-electron chi connectivity index (χ2n) is 6.79. The Morgan fingerprint density at radius 3 is 2.91 bits per heavy atom. The molecule has 120 valence electrons. The number of nitrogens with one attached hydrogen (secondary N) is 1. The van der Waals surface area contributed by atoms with Gasteiger partial charge in [0, 0.05) is 37.7 Å². The monoisotopic (exact) mass is 304 g/mol. The van der Waals surface area contributed by atoms with Gasteiger partial charge in [0.15, 0.2) is 0 Å². The van der Waals surface area contributed by atoms with E-state index < -0.39 is 0 Å². The van der Waals surface area contributed by atoms with E-state index in [4.69, 9.17) is 10.5 Å². The number of rotatable bonds is 3. The van der Waals surface area contributed by atoms with Gasteiger partial charge < -0.3 is 20.7 Å². The topological polar surface area (TPSA) is 79.5 Å². The molecule has 3 heterocycles. The van der Waals surface area contributed by atoms with Gasteiger partial charge in [-0.05, 0) is 19.9 Å². The van der Waals surface area contributed by atoms with Gasteiger partial charge in [0.2, 0.25) is 5.95 Å². The van der Waals surface area contributed by atoms with Crippen molar-refractivity contribution in [3.8, 4) is 0 Å². The molecule has 4 rings (SSSR count). The minimum absolute atomic E-state index is 0.347. The van der Waals surface area contributed by atoms with Crippen LogP contribution in [-0.2, 0) is 4.74 Å². The molecule has 2 bridgehead atoms. The lowest BCUT2D eigenvalue weighted by atomic mass is 10.1. The van der Waals surface area contributed by atoms with Crippen LogP contribution in [0.15, 0.2) is 6.07 Å². The van der Waals surface area contributed by atoms with Gasteiger partial charge in [0.1, 0.15) is 11.6 Å². The zero-order chi connectivity index (χ0) is 15.1. The molecule has 2 saturated heterocycles. The second kappa shape index (κ2) is 5.55. The highest BCUT2D eigenvalue weighted by Gasteiger charge is 2.32. The van der Waals surface area contributed by atoms with Gasteiger partial charge in [-0.3, -0.25) is 4.90 Å². The van der Waals surface area contributed by atoms with Crippen LogP contribution < -0.4 is 16.0 Å². The summed E-state index contributed by atoms with van der Waals surface area (Å²) < 4.78 is 5.79. The molecule has 1 aromatic heterocycles. The molecular formula is C15H24N6O. The van der Waals surface area contributed by atoms with Gasteiger partial charge >= 0.3 is 0 Å². The summed E-state index contributed by atoms with van der Waals surface area (Å²) in [7, 11) is 2.18. The summed E-state index contributed by atoms with van der Waals surface area (Å²) in [5.74, 6) is 2.64. The number of fused-ring (bicyclic) bond motifs is 3. The standard InChI is InChI=1S/C15H24N6O/c1-20-5-10-6-21(7-12(20)9-22-8-10)14-4-13(17-11-2-3-11)18-15(16)19-14/h4,10-12H,2-3,5-9H2,1H3,(H3,16,17,18,19)/t10-,12+/m1/s1. The Hall–Kier alpha value is -1.60. The lowest BCUT2D eigenvalue weighted by Gasteiger charge is -2.30. The molecule has 0 amide bonds. The van der Waals surface area contributed by atoms with E-state index in [0.29, 0.717) is 23.9 Å². The van der Waals surface area contributed by atoms with Crippen molar-refractivity contribution in [2.45, 2.75) is 24.9 Å². The smallest absolute Gasteiger partial charge is 0.223 e. The van der Waals surface area contributed by atoms with Crippen LogP contribution >= 0.6 is 0 Å². The average molecular weight is 304 g/mol. The Kier molecular flexibility index (Phi) is 3.54. The quantitative estimate of drug-likeness (QED) is 0.836. The lowest BCUT2D eigenvalue weighted by Crippen LogP contribution is -2.42. The molecule has 1 aliphatic carbocycles. The van der Waals surface area contributed by atoms with E-state index in [1.54, 1.807) is 0 Å². The van der Waals surface area contributed by atoms with Gasteiger partial charge in [-0.2, -0.15) is 9.97 Å². The third-order valence-corrected chi connectivity index (χ3v) is 4.73. The van der Waals surface area contributed by atoms with Crippen LogP contribution in [0.3, 0.4) is 0 Å². The molecule has 3 aliphatic rings. The van der Waals surface area contributed by atoms with Crippen molar-refractivity contribution >= 4 is 17.6 Å². The van der Waals surface area contributed by atoms with Crippen molar-refractivity contribution in [2.75, 3.05) is 55.8 Å². The highest BCUT2D eigenvalue weighted by atomic mass is 16.5. The van der Waals surface area contributed by atoms with Gasteiger partial charge in [-0.15, -0.1) is 0 Å². The summed E-state index contributed by atoms with van der Waals surface area (Å²) in [6, 6.07) is 3.00. The minimum atomic E-state index is 0.347. The Labute approximate surface area is 130 Å². The zero-order valence-electron chi connectivity index (χ0n) is 13.0. The lowest BCUT2D eigenvalue weighted by molar-refractivity contribution is 0.0930. The molecule has 7 nitrogen and oxygen atoms in total. The Bertz CT molecular complexity index is 549. The molecule has 22 heavy (non-hydrogen) atoms. The van der Waals surface area contributed by atoms with Gasteiger partial charge in [-0.25, -0.2) is 0 Å². The van der Waals surface area contributed by atoms with E-state index in [9.17, 15) is 0 Å². The van der Waals surface area contributed by atoms with Crippen LogP contribution in [0.2, 0.25) is 0 Å². The summed E-state index contributed by atoms with van der Waals surface area (Å²) in [6.45, 7) is 4.57. The molecule has 1 saturated carbocycles. The molecule has 2 aliphatic heterocycles. The van der Waals surface area contributed by atoms with Crippen LogP contribution in [-0.4, -0.2) is 66.8 Å². The first-order valence-electron chi connectivity index (χ1n) is 8.11. The fourth-order valence-electron chi connectivity index (χ4n) is 3.36. The fourth-order valence-corrected chi connectivity index (χ4v) is 3.36. The molecule has 3 fully saturated rings. The number of hydrogen-bond acceptors (Lipinski definition) is 7. The molecular weight excluding hydrogens is 280 g/mol. The van der Waals surface area contributed by atoms with E-state index in [1.165, 1.54) is 12.8 Å². The minimum Gasteiger partial charge on any atom is -0.379 e. The Morgan fingerprint density at radius 2 is 2.09 bits per heavy atom. The van der Waals surface area contributed by atoms with Gasteiger partial charge in [0.05, 0.1) is 19.3 Å². The van der Waals surface area contributed by atoms with Crippen molar-refractivity contribution < 1.29 is 4.74 Å². The van der Waals surface area contributed by atoms with Crippen LogP contribution in [0.5, 0.6) is 0 Å². The predicted octanol–water partition coefficient (Wildman–Crippen LogP) is 0.400. The van der Waals surface area contributed by atoms with E-state index in [-0.39, 0.29) is 0 Å². The van der Waals surface area contributed by atoms with Crippen LogP contribution in [0.1, 0.15) is 12.8 Å². The zero-order valence-corrected chi connectivity index (χ0v) is 13.0. The molecule has 0 aromatic carbocycles. The molecule has 1 aromatic rings. The number of ether oxygens (including phenoxy) is 1. The van der Waals surface area contributed by atoms with Gasteiger partial charge in [0.25, 0.3) is 0 Å². The van der Waals surface area contributed by atoms with E-state index in [1.807, 2.05) is 6.07 Å².